The van der Waals surface area contributed by atoms with E-state index in [0.717, 1.165) is 10.9 Å². The number of hydrogen-bond acceptors (Lipinski definition) is 5. The molecule has 5 N–H and O–H groups in total. The third kappa shape index (κ3) is 2.05. The van der Waals surface area contributed by atoms with Crippen LogP contribution < -0.4 is 11.2 Å². The van der Waals surface area contributed by atoms with E-state index in [1.807, 2.05) is 12.1 Å². The summed E-state index contributed by atoms with van der Waals surface area (Å²) in [5, 5.41) is 27.2. The van der Waals surface area contributed by atoms with Gasteiger partial charge in [-0.1, -0.05) is 12.1 Å². The van der Waals surface area contributed by atoms with Gasteiger partial charge in [-0.15, -0.1) is 0 Å². The van der Waals surface area contributed by atoms with Crippen LogP contribution >= 0.6 is 0 Å². The van der Waals surface area contributed by atoms with Gasteiger partial charge in [0.2, 0.25) is 5.71 Å². The molecule has 0 amide bonds. The first-order chi connectivity index (χ1) is 8.22. The molecule has 0 bridgehead atoms. The van der Waals surface area contributed by atoms with Crippen LogP contribution in [0.5, 0.6) is 0 Å². The summed E-state index contributed by atoms with van der Waals surface area (Å²) in [4.78, 5) is 0. The highest BCUT2D eigenvalue weighted by Crippen LogP contribution is 2.20. The Hall–Kier alpha value is -2.88. The monoisotopic (exact) mass is 227 g/mol. The van der Waals surface area contributed by atoms with E-state index in [2.05, 4.69) is 20.7 Å². The number of anilines is 1. The lowest BCUT2D eigenvalue weighted by atomic mass is 10.2. The highest BCUT2D eigenvalue weighted by Gasteiger charge is 2.03. The fourth-order valence-electron chi connectivity index (χ4n) is 1.32. The normalized spacial score (nSPS) is 11.1. The van der Waals surface area contributed by atoms with Crippen LogP contribution in [0.2, 0.25) is 0 Å². The number of fused-ring (bicyclic) bond motifs is 1. The average molecular weight is 227 g/mol. The summed E-state index contributed by atoms with van der Waals surface area (Å²) in [7, 11) is 0. The fourth-order valence-corrected chi connectivity index (χ4v) is 1.32. The molecule has 7 nitrogen and oxygen atoms in total. The number of nitrogens with two attached hydrogens (primary N) is 1. The maximum absolute atomic E-state index is 8.69. The zero-order chi connectivity index (χ0) is 12.3. The number of rotatable bonds is 3. The van der Waals surface area contributed by atoms with Gasteiger partial charge >= 0.3 is 0 Å². The van der Waals surface area contributed by atoms with E-state index >= 15 is 0 Å². The Labute approximate surface area is 96.4 Å². The Bertz CT molecular complexity index is 631. The van der Waals surface area contributed by atoms with E-state index < -0.39 is 0 Å². The lowest BCUT2D eigenvalue weighted by Crippen LogP contribution is -2.21. The molecule has 84 valence electrons. The molecule has 0 unspecified atom stereocenters. The minimum Gasteiger partial charge on any atom is -0.382 e. The van der Waals surface area contributed by atoms with Crippen LogP contribution in [0.1, 0.15) is 0 Å². The number of amidine groups is 1. The van der Waals surface area contributed by atoms with Crippen LogP contribution in [0.25, 0.3) is 10.9 Å². The van der Waals surface area contributed by atoms with Crippen LogP contribution in [-0.2, 0) is 0 Å². The largest absolute Gasteiger partial charge is 0.382 e. The molecule has 2 rings (SSSR count). The number of hydrazone groups is 1. The first kappa shape index (κ1) is 10.6. The lowest BCUT2D eigenvalue weighted by Gasteiger charge is -2.01. The van der Waals surface area contributed by atoms with Crippen molar-refractivity contribution in [3.63, 3.8) is 0 Å². The van der Waals surface area contributed by atoms with Gasteiger partial charge in [0, 0.05) is 5.39 Å². The van der Waals surface area contributed by atoms with Gasteiger partial charge in [-0.05, 0) is 6.07 Å². The summed E-state index contributed by atoms with van der Waals surface area (Å²) in [6.07, 6.45) is 1.68. The molecule has 0 saturated heterocycles. The van der Waals surface area contributed by atoms with Crippen molar-refractivity contribution in [2.24, 2.45) is 10.8 Å². The lowest BCUT2D eigenvalue weighted by molar-refractivity contribution is 1.12. The summed E-state index contributed by atoms with van der Waals surface area (Å²) in [6.45, 7) is 0. The molecule has 0 radical (unpaired) electrons. The van der Waals surface area contributed by atoms with Crippen molar-refractivity contribution in [3.05, 3.63) is 24.4 Å². The highest BCUT2D eigenvalue weighted by molar-refractivity contribution is 6.45. The van der Waals surface area contributed by atoms with Crippen molar-refractivity contribution in [1.82, 2.24) is 10.2 Å². The first-order valence-electron chi connectivity index (χ1n) is 4.72. The van der Waals surface area contributed by atoms with Crippen molar-refractivity contribution >= 4 is 28.1 Å². The average Bonchev–Trinajstić information content (AvgIpc) is 2.78. The Balaban J connectivity index is 2.34. The Morgan fingerprint density at radius 1 is 1.59 bits per heavy atom. The standard InChI is InChI=1S/C10H9N7/c11-4-8(10(12)13)16-15-7-3-1-2-6-5-14-17-9(6)7/h1-3,5,15H,(H3,12,13)(H,14,17)/b16-8+. The van der Waals surface area contributed by atoms with E-state index in [-0.39, 0.29) is 11.5 Å². The Kier molecular flexibility index (Phi) is 2.70. The Morgan fingerprint density at radius 2 is 2.41 bits per heavy atom. The predicted octanol–water partition coefficient (Wildman–Crippen LogP) is 0.790. The second kappa shape index (κ2) is 4.32. The zero-order valence-corrected chi connectivity index (χ0v) is 8.73. The number of nitrogens with one attached hydrogen (secondary N) is 3. The van der Waals surface area contributed by atoms with Crippen LogP contribution in [-0.4, -0.2) is 21.7 Å². The molecule has 0 atom stereocenters. The summed E-state index contributed by atoms with van der Waals surface area (Å²) in [5.41, 5.74) is 9.12. The molecular formula is C10H9N7. The quantitative estimate of drug-likeness (QED) is 0.351. The van der Waals surface area contributed by atoms with Crippen molar-refractivity contribution in [2.45, 2.75) is 0 Å². The van der Waals surface area contributed by atoms with Crippen LogP contribution in [0, 0.1) is 16.7 Å². The van der Waals surface area contributed by atoms with E-state index in [9.17, 15) is 0 Å². The molecule has 1 aromatic carbocycles. The molecule has 0 aliphatic carbocycles. The molecule has 2 aromatic rings. The third-order valence-electron chi connectivity index (χ3n) is 2.13. The number of H-pyrrole nitrogens is 1. The van der Waals surface area contributed by atoms with Gasteiger partial charge in [0.15, 0.2) is 5.84 Å². The third-order valence-corrected chi connectivity index (χ3v) is 2.13. The Morgan fingerprint density at radius 3 is 3.12 bits per heavy atom. The maximum atomic E-state index is 8.69. The molecule has 0 saturated carbocycles. The SMILES string of the molecule is N#C/C(=N\Nc1cccc2cn[nH]c12)C(=N)N. The zero-order valence-electron chi connectivity index (χ0n) is 8.73. The minimum absolute atomic E-state index is 0.165. The van der Waals surface area contributed by atoms with E-state index in [1.54, 1.807) is 18.3 Å². The fraction of sp³-hybridized carbons (Fsp3) is 0. The number of para-hydroxylation sites is 1. The van der Waals surface area contributed by atoms with Gasteiger partial charge in [0.05, 0.1) is 17.4 Å². The first-order valence-corrected chi connectivity index (χ1v) is 4.72. The molecule has 0 fully saturated rings. The minimum atomic E-state index is -0.378. The molecule has 7 heteroatoms. The number of nitrogens with zero attached hydrogens (tertiary/aromatic N) is 3. The number of hydrogen-bond donors (Lipinski definition) is 4. The maximum Gasteiger partial charge on any atom is 0.201 e. The summed E-state index contributed by atoms with van der Waals surface area (Å²) >= 11 is 0. The highest BCUT2D eigenvalue weighted by atomic mass is 15.3. The number of benzene rings is 1. The van der Waals surface area contributed by atoms with E-state index in [0.29, 0.717) is 5.69 Å². The van der Waals surface area contributed by atoms with E-state index in [1.165, 1.54) is 0 Å². The topological polar surface area (TPSA) is 127 Å². The molecule has 0 spiro atoms. The van der Waals surface area contributed by atoms with Gasteiger partial charge in [0.25, 0.3) is 0 Å². The van der Waals surface area contributed by atoms with Crippen LogP contribution in [0.4, 0.5) is 5.69 Å². The van der Waals surface area contributed by atoms with Crippen molar-refractivity contribution in [1.29, 1.82) is 10.7 Å². The molecule has 17 heavy (non-hydrogen) atoms. The summed E-state index contributed by atoms with van der Waals surface area (Å²) < 4.78 is 0. The summed E-state index contributed by atoms with van der Waals surface area (Å²) in [6, 6.07) is 7.22. The second-order valence-corrected chi connectivity index (χ2v) is 3.24. The molecule has 1 aromatic heterocycles. The predicted molar refractivity (Wildman–Crippen MR) is 64.7 cm³/mol. The van der Waals surface area contributed by atoms with Crippen LogP contribution in [0.3, 0.4) is 0 Å². The van der Waals surface area contributed by atoms with Gasteiger partial charge in [0.1, 0.15) is 6.07 Å². The van der Waals surface area contributed by atoms with Crippen molar-refractivity contribution in [3.8, 4) is 6.07 Å². The number of aromatic nitrogens is 2. The van der Waals surface area contributed by atoms with Crippen LogP contribution in [0.15, 0.2) is 29.5 Å². The van der Waals surface area contributed by atoms with Crippen molar-refractivity contribution < 1.29 is 0 Å². The molecule has 0 aliphatic rings. The van der Waals surface area contributed by atoms with E-state index in [4.69, 9.17) is 16.4 Å². The van der Waals surface area contributed by atoms with Gasteiger partial charge in [-0.2, -0.15) is 15.5 Å². The second-order valence-electron chi connectivity index (χ2n) is 3.24. The number of nitriles is 1. The summed E-state index contributed by atoms with van der Waals surface area (Å²) in [5.74, 6) is -0.378. The smallest absolute Gasteiger partial charge is 0.201 e. The van der Waals surface area contributed by atoms with Gasteiger partial charge < -0.3 is 5.73 Å². The van der Waals surface area contributed by atoms with Gasteiger partial charge in [-0.25, -0.2) is 0 Å². The molecule has 1 heterocycles. The number of aromatic amines is 1. The molecular weight excluding hydrogens is 218 g/mol. The van der Waals surface area contributed by atoms with Gasteiger partial charge in [-0.3, -0.25) is 15.9 Å². The molecule has 0 aliphatic heterocycles. The van der Waals surface area contributed by atoms with Crippen molar-refractivity contribution in [2.75, 3.05) is 5.43 Å².